The van der Waals surface area contributed by atoms with Gasteiger partial charge in [-0.15, -0.1) is 0 Å². The highest BCUT2D eigenvalue weighted by Crippen LogP contribution is 2.30. The number of rotatable bonds is 26. The number of nitrogen functional groups attached to an aromatic ring is 2. The molecule has 0 aliphatic rings. The fraction of sp³-hybridized carbons (Fsp3) is 0.174. The Kier molecular flexibility index (Phi) is 39.6. The number of nitrogens with zero attached hydrogens (tertiary/aromatic N) is 8. The lowest BCUT2D eigenvalue weighted by atomic mass is 10.0. The number of anilines is 9. The van der Waals surface area contributed by atoms with Crippen molar-refractivity contribution >= 4 is 160 Å². The van der Waals surface area contributed by atoms with Crippen LogP contribution < -0.4 is 64.6 Å². The van der Waals surface area contributed by atoms with Crippen molar-refractivity contribution in [2.24, 2.45) is 0 Å². The highest BCUT2D eigenvalue weighted by Gasteiger charge is 2.14. The zero-order chi connectivity index (χ0) is 85.0. The molecule has 0 saturated carbocycles. The summed E-state index contributed by atoms with van der Waals surface area (Å²) < 4.78 is 0. The van der Waals surface area contributed by atoms with Crippen LogP contribution in [0.5, 0.6) is 0 Å². The minimum atomic E-state index is -0.191. The molecule has 0 atom stereocenters. The Morgan fingerprint density at radius 2 is 0.610 bits per heavy atom. The Bertz CT molecular complexity index is 4980. The van der Waals surface area contributed by atoms with Gasteiger partial charge in [0.1, 0.15) is 44.5 Å². The van der Waals surface area contributed by atoms with E-state index >= 15 is 0 Å². The van der Waals surface area contributed by atoms with E-state index in [-0.39, 0.29) is 57.2 Å². The molecule has 118 heavy (non-hydrogen) atoms. The van der Waals surface area contributed by atoms with Gasteiger partial charge in [0, 0.05) is 142 Å². The van der Waals surface area contributed by atoms with Gasteiger partial charge in [0.25, 0.3) is 0 Å². The molecule has 4 aromatic heterocycles. The summed E-state index contributed by atoms with van der Waals surface area (Å²) in [6.07, 6.45) is 0.762. The van der Waals surface area contributed by atoms with Gasteiger partial charge in [-0.1, -0.05) is 263 Å². The van der Waals surface area contributed by atoms with Gasteiger partial charge in [-0.3, -0.25) is 33.6 Å². The maximum atomic E-state index is 11.6. The number of benzene rings is 8. The van der Waals surface area contributed by atoms with E-state index in [0.717, 1.165) is 61.6 Å². The third kappa shape index (κ3) is 34.7. The van der Waals surface area contributed by atoms with Gasteiger partial charge in [0.2, 0.25) is 41.4 Å². The van der Waals surface area contributed by atoms with Gasteiger partial charge in [0.15, 0.2) is 23.3 Å². The van der Waals surface area contributed by atoms with Crippen molar-refractivity contribution in [1.29, 1.82) is 0 Å². The van der Waals surface area contributed by atoms with Gasteiger partial charge in [-0.25, -0.2) is 39.9 Å². The SMILES string of the molecule is CC(=O)NCCNc1cc(N)cc(-c2ccccc2)c1.CC(=O)NCCNc1cc(NC(=O)CBr)cc(-c2ccccc2)c1.CCC(=O)Nc1cc(Cl)nc(-c2ccccc2)n1.CCC(=O)Nc1cc(NCCNC(C)=O)nc(-c2ccccc2)n1.Nc1cc(Cl)nc(-c2ccccc2)n1.O=C(CBr)Nc1cc(Cl)nc(-c2ccccc2)n1. The van der Waals surface area contributed by atoms with Crippen molar-refractivity contribution in [3.05, 3.63) is 258 Å². The van der Waals surface area contributed by atoms with E-state index in [9.17, 15) is 33.6 Å². The van der Waals surface area contributed by atoms with Crippen molar-refractivity contribution in [3.63, 3.8) is 0 Å². The number of hydrogen-bond acceptors (Lipinski definition) is 20. The fourth-order valence-electron chi connectivity index (χ4n) is 10.2. The highest BCUT2D eigenvalue weighted by atomic mass is 79.9. The lowest BCUT2D eigenvalue weighted by Gasteiger charge is -2.13. The zero-order valence-electron chi connectivity index (χ0n) is 65.1. The van der Waals surface area contributed by atoms with Gasteiger partial charge in [-0.05, 0) is 58.7 Å². The van der Waals surface area contributed by atoms with E-state index in [2.05, 4.69) is 143 Å². The molecule has 610 valence electrons. The first-order valence-corrected chi connectivity index (χ1v) is 40.2. The molecule has 4 heterocycles. The summed E-state index contributed by atoms with van der Waals surface area (Å²) in [6, 6.07) is 76.0. The molecule has 0 spiro atoms. The van der Waals surface area contributed by atoms with Crippen LogP contribution in [0.2, 0.25) is 15.5 Å². The summed E-state index contributed by atoms with van der Waals surface area (Å²) in [5, 5.41) is 30.1. The molecule has 0 radical (unpaired) electrons. The first-order valence-electron chi connectivity index (χ1n) is 36.9. The van der Waals surface area contributed by atoms with E-state index in [1.54, 1.807) is 19.9 Å². The van der Waals surface area contributed by atoms with Crippen LogP contribution >= 0.6 is 66.7 Å². The Morgan fingerprint density at radius 1 is 0.305 bits per heavy atom. The molecular formula is C86H89Br2Cl3N20O7. The third-order valence-electron chi connectivity index (χ3n) is 15.5. The third-order valence-corrected chi connectivity index (χ3v) is 17.1. The molecule has 32 heteroatoms. The van der Waals surface area contributed by atoms with Gasteiger partial charge >= 0.3 is 0 Å². The molecule has 0 aliphatic heterocycles. The van der Waals surface area contributed by atoms with E-state index in [1.807, 2.05) is 200 Å². The quantitative estimate of drug-likeness (QED) is 0.0104. The highest BCUT2D eigenvalue weighted by molar-refractivity contribution is 9.09. The Hall–Kier alpha value is -12.8. The van der Waals surface area contributed by atoms with E-state index in [4.69, 9.17) is 46.3 Å². The number of carbonyl (C=O) groups excluding carboxylic acids is 7. The number of amides is 7. The number of halogens is 5. The van der Waals surface area contributed by atoms with Crippen molar-refractivity contribution in [3.8, 4) is 67.8 Å². The van der Waals surface area contributed by atoms with Crippen molar-refractivity contribution < 1.29 is 33.6 Å². The molecular weight excluding hydrogens is 1690 g/mol. The molecule has 0 fully saturated rings. The van der Waals surface area contributed by atoms with Crippen LogP contribution in [0.3, 0.4) is 0 Å². The minimum Gasteiger partial charge on any atom is -0.399 e. The van der Waals surface area contributed by atoms with Crippen LogP contribution in [-0.4, -0.2) is 131 Å². The maximum Gasteiger partial charge on any atom is 0.236 e. The molecule has 27 nitrogen and oxygen atoms in total. The second kappa shape index (κ2) is 50.5. The molecule has 0 bridgehead atoms. The standard InChI is InChI=1S/C18H20BrN3O2.C17H21N5O2.C16H19N3O.C13H12ClN3O.C12H9BrClN3O.C10H8ClN3/c1-13(23)20-7-8-21-16-9-15(14-5-3-2-4-6-14)10-17(11-16)22-18(24)12-19;1-3-16(24)20-15-11-14(19-10-9-18-12(2)23)21-17(22-15)13-7-5-4-6-8-13;1-12(20)18-7-8-19-16-10-14(9-15(17)11-16)13-5-3-2-4-6-13;1-2-12(18)16-11-8-10(14)15-13(17-11)9-6-4-3-5-7-9;13-7-11(18)16-10-6-9(14)15-12(17-10)8-4-2-1-3-5-8;11-8-6-9(12)14-10(13-8)7-4-2-1-3-5-7/h2-6,9-11,21H,7-8,12H2,1H3,(H,20,23)(H,22,24);4-8,11H,3,9-10H2,1-2H3,(H,18,23)(H2,19,20,21,22,24);2-6,9-11,19H,7-8,17H2,1H3,(H,18,20);3-8H,2H2,1H3,(H,15,16,17,18);1-6H,7H2,(H,15,16,17,18);1-6H,(H2,12,13,14). The van der Waals surface area contributed by atoms with Crippen LogP contribution in [0.25, 0.3) is 67.8 Å². The summed E-state index contributed by atoms with van der Waals surface area (Å²) in [5.41, 5.74) is 22.5. The van der Waals surface area contributed by atoms with Crippen molar-refractivity contribution in [1.82, 2.24) is 55.8 Å². The van der Waals surface area contributed by atoms with E-state index < -0.39 is 0 Å². The topological polar surface area (TPSA) is 395 Å². The molecule has 12 aromatic rings. The molecule has 0 aliphatic carbocycles. The number of hydrogen-bond donors (Lipinski definition) is 12. The van der Waals surface area contributed by atoms with Crippen LogP contribution in [0.15, 0.2) is 243 Å². The van der Waals surface area contributed by atoms with Gasteiger partial charge in [-0.2, -0.15) is 0 Å². The van der Waals surface area contributed by atoms with Crippen molar-refractivity contribution in [2.45, 2.75) is 47.5 Å². The van der Waals surface area contributed by atoms with Crippen molar-refractivity contribution in [2.75, 3.05) is 98.6 Å². The maximum absolute atomic E-state index is 11.6. The summed E-state index contributed by atoms with van der Waals surface area (Å²) in [7, 11) is 0. The predicted molar refractivity (Wildman–Crippen MR) is 482 cm³/mol. The summed E-state index contributed by atoms with van der Waals surface area (Å²) in [6.45, 7) is 11.4. The number of nitrogens with one attached hydrogen (secondary N) is 10. The minimum absolute atomic E-state index is 0.0237. The average molecular weight is 1780 g/mol. The number of carbonyl (C=O) groups is 7. The van der Waals surface area contributed by atoms with E-state index in [1.165, 1.54) is 39.0 Å². The monoisotopic (exact) mass is 1780 g/mol. The normalized spacial score (nSPS) is 10.1. The summed E-state index contributed by atoms with van der Waals surface area (Å²) >= 11 is 23.8. The molecule has 14 N–H and O–H groups in total. The first kappa shape index (κ1) is 92.4. The predicted octanol–water partition coefficient (Wildman–Crippen LogP) is 16.4. The van der Waals surface area contributed by atoms with Gasteiger partial charge < -0.3 is 64.6 Å². The molecule has 0 saturated heterocycles. The zero-order valence-corrected chi connectivity index (χ0v) is 70.6. The molecule has 0 unspecified atom stereocenters. The number of nitrogens with two attached hydrogens (primary N) is 2. The van der Waals surface area contributed by atoms with E-state index in [0.29, 0.717) is 120 Å². The Labute approximate surface area is 716 Å². The second-order valence-corrected chi connectivity index (χ2v) is 27.2. The van der Waals surface area contributed by atoms with Crippen LogP contribution in [0.1, 0.15) is 47.5 Å². The van der Waals surface area contributed by atoms with Crippen LogP contribution in [0.4, 0.5) is 51.8 Å². The number of aromatic nitrogens is 8. The summed E-state index contributed by atoms with van der Waals surface area (Å²) in [4.78, 5) is 112. The second-order valence-electron chi connectivity index (χ2n) is 24.9. The lowest BCUT2D eigenvalue weighted by molar-refractivity contribution is -0.119. The molecule has 7 amide bonds. The molecule has 12 rings (SSSR count). The summed E-state index contributed by atoms with van der Waals surface area (Å²) in [5.74, 6) is 3.57. The van der Waals surface area contributed by atoms with Gasteiger partial charge in [0.05, 0.1) is 10.7 Å². The smallest absolute Gasteiger partial charge is 0.236 e. The Morgan fingerprint density at radius 3 is 0.983 bits per heavy atom. The number of alkyl halides is 2. The molecule has 8 aromatic carbocycles. The fourth-order valence-corrected chi connectivity index (χ4v) is 11.0. The average Bonchev–Trinajstić information content (AvgIpc) is 0.861. The largest absolute Gasteiger partial charge is 0.399 e. The Balaban J connectivity index is 0.000000197. The lowest BCUT2D eigenvalue weighted by Crippen LogP contribution is -2.26. The van der Waals surface area contributed by atoms with Crippen LogP contribution in [-0.2, 0) is 33.6 Å². The van der Waals surface area contributed by atoms with Crippen LogP contribution in [0, 0.1) is 0 Å². The first-order chi connectivity index (χ1) is 56.9.